The number of aliphatic hydroxyl groups is 1. The third kappa shape index (κ3) is 4.51. The second-order valence-electron chi connectivity index (χ2n) is 7.52. The molecule has 150 valence electrons. The lowest BCUT2D eigenvalue weighted by atomic mass is 10.1. The minimum absolute atomic E-state index is 0.280. The van der Waals surface area contributed by atoms with Crippen molar-refractivity contribution in [3.05, 3.63) is 35.7 Å². The van der Waals surface area contributed by atoms with Crippen molar-refractivity contribution >= 4 is 22.9 Å². The number of anilines is 2. The molecular formula is C20H28N6O2. The molecule has 0 fully saturated rings. The van der Waals surface area contributed by atoms with E-state index in [9.17, 15) is 10.2 Å². The Hall–Kier alpha value is -2.87. The smallest absolute Gasteiger partial charge is 0.226 e. The van der Waals surface area contributed by atoms with Gasteiger partial charge in [-0.25, -0.2) is 4.98 Å². The van der Waals surface area contributed by atoms with E-state index in [4.69, 9.17) is 0 Å². The lowest BCUT2D eigenvalue weighted by Gasteiger charge is -2.17. The number of fused-ring (bicyclic) bond motifs is 1. The van der Waals surface area contributed by atoms with Crippen LogP contribution >= 0.6 is 0 Å². The van der Waals surface area contributed by atoms with Crippen LogP contribution in [0.25, 0.3) is 11.2 Å². The molecule has 2 heterocycles. The van der Waals surface area contributed by atoms with Gasteiger partial charge in [-0.3, -0.25) is 0 Å². The molecule has 0 aliphatic carbocycles. The van der Waals surface area contributed by atoms with Crippen LogP contribution in [-0.4, -0.2) is 41.9 Å². The number of para-hydroxylation sites is 1. The third-order valence-electron chi connectivity index (χ3n) is 4.59. The highest BCUT2D eigenvalue weighted by atomic mass is 16.3. The molecule has 0 unspecified atom stereocenters. The minimum atomic E-state index is -0.758. The largest absolute Gasteiger partial charge is 0.507 e. The number of benzene rings is 1. The average molecular weight is 384 g/mol. The summed E-state index contributed by atoms with van der Waals surface area (Å²) in [5.41, 5.74) is 2.28. The van der Waals surface area contributed by atoms with Crippen LogP contribution in [0, 0.1) is 6.92 Å². The highest BCUT2D eigenvalue weighted by Crippen LogP contribution is 2.25. The van der Waals surface area contributed by atoms with Gasteiger partial charge in [-0.15, -0.1) is 0 Å². The van der Waals surface area contributed by atoms with Crippen LogP contribution in [0.15, 0.2) is 24.5 Å². The summed E-state index contributed by atoms with van der Waals surface area (Å²) in [7, 11) is 0. The monoisotopic (exact) mass is 384 g/mol. The topological polar surface area (TPSA) is 108 Å². The van der Waals surface area contributed by atoms with Crippen molar-refractivity contribution in [2.24, 2.45) is 0 Å². The van der Waals surface area contributed by atoms with Crippen LogP contribution in [-0.2, 0) is 13.1 Å². The van der Waals surface area contributed by atoms with Gasteiger partial charge in [-0.1, -0.05) is 18.2 Å². The number of nitrogens with one attached hydrogen (secondary N) is 2. The molecule has 0 spiro atoms. The van der Waals surface area contributed by atoms with Crippen molar-refractivity contribution in [3.8, 4) is 5.75 Å². The van der Waals surface area contributed by atoms with E-state index in [2.05, 4.69) is 25.6 Å². The van der Waals surface area contributed by atoms with Crippen molar-refractivity contribution in [1.29, 1.82) is 0 Å². The average Bonchev–Trinajstić information content (AvgIpc) is 3.05. The number of imidazole rings is 1. The van der Waals surface area contributed by atoms with Crippen LogP contribution in [0.3, 0.4) is 0 Å². The zero-order valence-electron chi connectivity index (χ0n) is 16.8. The number of hydrogen-bond donors (Lipinski definition) is 4. The van der Waals surface area contributed by atoms with E-state index in [0.29, 0.717) is 36.8 Å². The maximum atomic E-state index is 10.2. The Morgan fingerprint density at radius 1 is 1.18 bits per heavy atom. The quantitative estimate of drug-likeness (QED) is 0.473. The lowest BCUT2D eigenvalue weighted by Crippen LogP contribution is -2.23. The number of hydrogen-bond acceptors (Lipinski definition) is 7. The zero-order valence-corrected chi connectivity index (χ0v) is 16.8. The molecule has 4 N–H and O–H groups in total. The molecule has 0 radical (unpaired) electrons. The summed E-state index contributed by atoms with van der Waals surface area (Å²) in [6.45, 7) is 9.15. The van der Waals surface area contributed by atoms with Gasteiger partial charge in [0.25, 0.3) is 0 Å². The number of aryl methyl sites for hydroxylation is 2. The highest BCUT2D eigenvalue weighted by molar-refractivity contribution is 5.84. The van der Waals surface area contributed by atoms with Gasteiger partial charge in [-0.2, -0.15) is 9.97 Å². The normalized spacial score (nSPS) is 11.8. The van der Waals surface area contributed by atoms with Gasteiger partial charge in [0.1, 0.15) is 5.75 Å². The van der Waals surface area contributed by atoms with Crippen LogP contribution in [0.5, 0.6) is 5.75 Å². The predicted octanol–water partition coefficient (Wildman–Crippen LogP) is 3.05. The van der Waals surface area contributed by atoms with E-state index in [0.717, 1.165) is 23.3 Å². The summed E-state index contributed by atoms with van der Waals surface area (Å²) in [6, 6.07) is 5.66. The Bertz CT molecular complexity index is 961. The zero-order chi connectivity index (χ0) is 20.3. The molecule has 3 rings (SSSR count). The molecule has 0 amide bonds. The van der Waals surface area contributed by atoms with Crippen molar-refractivity contribution in [3.63, 3.8) is 0 Å². The van der Waals surface area contributed by atoms with Gasteiger partial charge in [-0.05, 0) is 39.7 Å². The van der Waals surface area contributed by atoms with E-state index in [1.54, 1.807) is 20.2 Å². The number of phenols is 1. The number of nitrogens with zero attached hydrogens (tertiary/aromatic N) is 4. The molecule has 0 bridgehead atoms. The summed E-state index contributed by atoms with van der Waals surface area (Å²) in [6.07, 6.45) is 2.32. The first-order valence-electron chi connectivity index (χ1n) is 9.49. The molecule has 3 aromatic rings. The molecular weight excluding hydrogens is 356 g/mol. The third-order valence-corrected chi connectivity index (χ3v) is 4.59. The number of phenolic OH excluding ortho intramolecular Hbond substituents is 1. The first kappa shape index (κ1) is 19.9. The van der Waals surface area contributed by atoms with Crippen LogP contribution in [0.4, 0.5) is 11.8 Å². The molecule has 8 heteroatoms. The summed E-state index contributed by atoms with van der Waals surface area (Å²) < 4.78 is 1.95. The van der Waals surface area contributed by atoms with E-state index in [-0.39, 0.29) is 5.75 Å². The predicted molar refractivity (Wildman–Crippen MR) is 111 cm³/mol. The van der Waals surface area contributed by atoms with Crippen LogP contribution in [0.2, 0.25) is 0 Å². The SMILES string of the molecule is CCn1cnc2c(NCc3cccc(C)c3O)nc(NCCC(C)(C)O)nc21. The summed E-state index contributed by atoms with van der Waals surface area (Å²) >= 11 is 0. The Balaban J connectivity index is 1.87. The molecule has 2 aromatic heterocycles. The van der Waals surface area contributed by atoms with Gasteiger partial charge in [0.15, 0.2) is 17.0 Å². The van der Waals surface area contributed by atoms with E-state index >= 15 is 0 Å². The summed E-state index contributed by atoms with van der Waals surface area (Å²) in [5.74, 6) is 1.36. The highest BCUT2D eigenvalue weighted by Gasteiger charge is 2.15. The molecule has 0 atom stereocenters. The van der Waals surface area contributed by atoms with E-state index in [1.165, 1.54) is 0 Å². The van der Waals surface area contributed by atoms with Crippen molar-refractivity contribution in [2.75, 3.05) is 17.2 Å². The molecule has 0 aliphatic heterocycles. The molecule has 28 heavy (non-hydrogen) atoms. The fraction of sp³-hybridized carbons (Fsp3) is 0.450. The second kappa shape index (κ2) is 8.02. The summed E-state index contributed by atoms with van der Waals surface area (Å²) in [4.78, 5) is 13.6. The van der Waals surface area contributed by atoms with Gasteiger partial charge in [0.2, 0.25) is 5.95 Å². The fourth-order valence-electron chi connectivity index (χ4n) is 2.90. The molecule has 0 saturated carbocycles. The minimum Gasteiger partial charge on any atom is -0.507 e. The van der Waals surface area contributed by atoms with Crippen molar-refractivity contribution < 1.29 is 10.2 Å². The maximum absolute atomic E-state index is 10.2. The van der Waals surface area contributed by atoms with Gasteiger partial charge >= 0.3 is 0 Å². The molecule has 0 aliphatic rings. The fourth-order valence-corrected chi connectivity index (χ4v) is 2.90. The lowest BCUT2D eigenvalue weighted by molar-refractivity contribution is 0.0748. The second-order valence-corrected chi connectivity index (χ2v) is 7.52. The van der Waals surface area contributed by atoms with E-state index in [1.807, 2.05) is 36.6 Å². The molecule has 1 aromatic carbocycles. The van der Waals surface area contributed by atoms with Gasteiger partial charge in [0.05, 0.1) is 11.9 Å². The molecule has 0 saturated heterocycles. The standard InChI is InChI=1S/C20H28N6O2/c1-5-26-12-23-15-17(22-11-14-8-6-7-13(2)16(14)27)24-19(25-18(15)26)21-10-9-20(3,4)28/h6-8,12,27-28H,5,9-11H2,1-4H3,(H2,21,22,24,25). The Labute approximate surface area is 164 Å². The van der Waals surface area contributed by atoms with Gasteiger partial charge < -0.3 is 25.4 Å². The van der Waals surface area contributed by atoms with E-state index < -0.39 is 5.60 Å². The van der Waals surface area contributed by atoms with Crippen molar-refractivity contribution in [1.82, 2.24) is 19.5 Å². The Morgan fingerprint density at radius 3 is 2.68 bits per heavy atom. The van der Waals surface area contributed by atoms with Gasteiger partial charge in [0, 0.05) is 25.2 Å². The maximum Gasteiger partial charge on any atom is 0.226 e. The van der Waals surface area contributed by atoms with Crippen molar-refractivity contribution in [2.45, 2.75) is 52.8 Å². The first-order valence-corrected chi connectivity index (χ1v) is 9.49. The number of aromatic hydroxyl groups is 1. The number of rotatable bonds is 8. The van der Waals surface area contributed by atoms with Crippen LogP contribution in [0.1, 0.15) is 38.3 Å². The molecule has 8 nitrogen and oxygen atoms in total. The first-order chi connectivity index (χ1) is 13.3. The number of aromatic nitrogens is 4. The Morgan fingerprint density at radius 2 is 1.96 bits per heavy atom. The summed E-state index contributed by atoms with van der Waals surface area (Å²) in [5, 5.41) is 26.6. The Kier molecular flexibility index (Phi) is 5.69. The van der Waals surface area contributed by atoms with Crippen LogP contribution < -0.4 is 10.6 Å².